The SMILES string of the molecule is Cc1nc(F)ccc1-c1cc(Cn2ccn(C)c2=N)cc2c1OCC(Cc1ccc(Cl)c(Cl)c1)C2=O. The molecule has 0 saturated carbocycles. The van der Waals surface area contributed by atoms with Gasteiger partial charge in [0.1, 0.15) is 5.75 Å². The minimum atomic E-state index is -0.571. The number of aromatic nitrogens is 3. The van der Waals surface area contributed by atoms with Crippen molar-refractivity contribution in [1.29, 1.82) is 5.41 Å². The Labute approximate surface area is 217 Å². The van der Waals surface area contributed by atoms with E-state index < -0.39 is 11.9 Å². The van der Waals surface area contributed by atoms with Gasteiger partial charge in [-0.25, -0.2) is 4.98 Å². The molecular formula is C27H23Cl2FN4O2. The lowest BCUT2D eigenvalue weighted by Crippen LogP contribution is -2.30. The Hall–Kier alpha value is -3.42. The number of nitrogens with zero attached hydrogens (tertiary/aromatic N) is 3. The smallest absolute Gasteiger partial charge is 0.213 e. The molecule has 1 aliphatic heterocycles. The molecule has 1 aliphatic rings. The standard InChI is InChI=1S/C27H23Cl2FN4O2/c1-15-19(4-6-24(30)32-15)20-10-17(13-34-8-7-33(2)27(34)31)11-21-25(35)18(14-36-26(20)21)9-16-3-5-22(28)23(29)12-16/h3-8,10-12,18,31H,9,13-14H2,1-2H3. The highest BCUT2D eigenvalue weighted by Crippen LogP contribution is 2.40. The van der Waals surface area contributed by atoms with Crippen LogP contribution in [0.1, 0.15) is 27.2 Å². The van der Waals surface area contributed by atoms with Crippen molar-refractivity contribution < 1.29 is 13.9 Å². The molecule has 0 fully saturated rings. The van der Waals surface area contributed by atoms with Gasteiger partial charge in [-0.1, -0.05) is 29.3 Å². The molecule has 9 heteroatoms. The van der Waals surface area contributed by atoms with Gasteiger partial charge >= 0.3 is 0 Å². The summed E-state index contributed by atoms with van der Waals surface area (Å²) in [5.74, 6) is -0.544. The van der Waals surface area contributed by atoms with Crippen molar-refractivity contribution in [2.45, 2.75) is 19.9 Å². The van der Waals surface area contributed by atoms with Crippen molar-refractivity contribution in [1.82, 2.24) is 14.1 Å². The molecule has 2 aromatic heterocycles. The van der Waals surface area contributed by atoms with Crippen molar-refractivity contribution in [3.8, 4) is 16.9 Å². The average molecular weight is 525 g/mol. The van der Waals surface area contributed by atoms with E-state index in [9.17, 15) is 9.18 Å². The zero-order valence-corrected chi connectivity index (χ0v) is 21.2. The van der Waals surface area contributed by atoms with Gasteiger partial charge in [0.25, 0.3) is 0 Å². The number of ether oxygens (including phenoxy) is 1. The molecule has 0 amide bonds. The molecule has 184 valence electrons. The second-order valence-electron chi connectivity index (χ2n) is 8.97. The van der Waals surface area contributed by atoms with Gasteiger partial charge in [0.15, 0.2) is 5.78 Å². The number of hydrogen-bond acceptors (Lipinski definition) is 4. The maximum atomic E-state index is 13.7. The van der Waals surface area contributed by atoms with E-state index in [2.05, 4.69) is 4.98 Å². The topological polar surface area (TPSA) is 72.9 Å². The van der Waals surface area contributed by atoms with E-state index >= 15 is 0 Å². The summed E-state index contributed by atoms with van der Waals surface area (Å²) in [5, 5.41) is 9.18. The molecule has 0 spiro atoms. The number of hydrogen-bond donors (Lipinski definition) is 1. The third-order valence-electron chi connectivity index (χ3n) is 6.45. The second kappa shape index (κ2) is 9.56. The van der Waals surface area contributed by atoms with Crippen molar-refractivity contribution in [3.05, 3.63) is 98.9 Å². The molecule has 1 unspecified atom stereocenters. The quantitative estimate of drug-likeness (QED) is 0.345. The Balaban J connectivity index is 1.58. The van der Waals surface area contributed by atoms with E-state index in [0.29, 0.717) is 56.8 Å². The first kappa shape index (κ1) is 24.3. The van der Waals surface area contributed by atoms with E-state index in [0.717, 1.165) is 11.1 Å². The molecule has 5 rings (SSSR count). The number of benzene rings is 2. The highest BCUT2D eigenvalue weighted by Gasteiger charge is 2.32. The third kappa shape index (κ3) is 4.56. The van der Waals surface area contributed by atoms with Gasteiger partial charge in [0, 0.05) is 36.3 Å². The van der Waals surface area contributed by atoms with Gasteiger partial charge in [0.05, 0.1) is 34.7 Å². The number of carbonyl (C=O) groups is 1. The van der Waals surface area contributed by atoms with E-state index in [4.69, 9.17) is 33.3 Å². The Morgan fingerprint density at radius 3 is 2.53 bits per heavy atom. The number of ketones is 1. The number of carbonyl (C=O) groups excluding carboxylic acids is 1. The zero-order chi connectivity index (χ0) is 25.6. The molecule has 36 heavy (non-hydrogen) atoms. The summed E-state index contributed by atoms with van der Waals surface area (Å²) in [5.41, 5.74) is 4.37. The monoisotopic (exact) mass is 524 g/mol. The predicted octanol–water partition coefficient (Wildman–Crippen LogP) is 5.60. The van der Waals surface area contributed by atoms with Crippen LogP contribution in [-0.2, 0) is 20.0 Å². The van der Waals surface area contributed by atoms with E-state index in [1.165, 1.54) is 6.07 Å². The van der Waals surface area contributed by atoms with Gasteiger partial charge in [-0.2, -0.15) is 4.39 Å². The van der Waals surface area contributed by atoms with Gasteiger partial charge in [-0.15, -0.1) is 0 Å². The Morgan fingerprint density at radius 1 is 1.06 bits per heavy atom. The molecule has 0 bridgehead atoms. The summed E-state index contributed by atoms with van der Waals surface area (Å²) < 4.78 is 23.4. The fourth-order valence-electron chi connectivity index (χ4n) is 4.56. The van der Waals surface area contributed by atoms with Crippen LogP contribution in [0, 0.1) is 24.2 Å². The van der Waals surface area contributed by atoms with Crippen LogP contribution in [0.5, 0.6) is 5.75 Å². The highest BCUT2D eigenvalue weighted by molar-refractivity contribution is 6.42. The zero-order valence-electron chi connectivity index (χ0n) is 19.7. The number of halogens is 3. The summed E-state index contributed by atoms with van der Waals surface area (Å²) in [6.07, 6.45) is 4.07. The van der Waals surface area contributed by atoms with Crippen molar-refractivity contribution in [2.75, 3.05) is 6.61 Å². The molecule has 2 aromatic carbocycles. The third-order valence-corrected chi connectivity index (χ3v) is 7.19. The highest BCUT2D eigenvalue weighted by atomic mass is 35.5. The number of aryl methyl sites for hydroxylation is 2. The van der Waals surface area contributed by atoms with Crippen molar-refractivity contribution >= 4 is 29.0 Å². The summed E-state index contributed by atoms with van der Waals surface area (Å²) in [6.45, 7) is 2.32. The Bertz CT molecular complexity index is 1560. The van der Waals surface area contributed by atoms with E-state index in [1.54, 1.807) is 47.5 Å². The Morgan fingerprint density at radius 2 is 1.83 bits per heavy atom. The normalized spacial score (nSPS) is 15.0. The molecule has 1 N–H and O–H groups in total. The lowest BCUT2D eigenvalue weighted by atomic mass is 9.86. The van der Waals surface area contributed by atoms with Crippen LogP contribution in [0.2, 0.25) is 10.0 Å². The minimum Gasteiger partial charge on any atom is -0.491 e. The van der Waals surface area contributed by atoms with Crippen LogP contribution in [0.15, 0.2) is 54.9 Å². The number of imidazole rings is 1. The lowest BCUT2D eigenvalue weighted by Gasteiger charge is -2.27. The number of fused-ring (bicyclic) bond motifs is 1. The summed E-state index contributed by atoms with van der Waals surface area (Å²) in [7, 11) is 1.80. The molecule has 0 aliphatic carbocycles. The van der Waals surface area contributed by atoms with Crippen LogP contribution in [0.3, 0.4) is 0 Å². The molecule has 0 saturated heterocycles. The van der Waals surface area contributed by atoms with Crippen LogP contribution in [-0.4, -0.2) is 26.5 Å². The van der Waals surface area contributed by atoms with Gasteiger partial charge < -0.3 is 13.9 Å². The summed E-state index contributed by atoms with van der Waals surface area (Å²) in [6, 6.07) is 12.0. The number of pyridine rings is 1. The first-order chi connectivity index (χ1) is 17.2. The summed E-state index contributed by atoms with van der Waals surface area (Å²) >= 11 is 12.2. The molecule has 1 atom stereocenters. The summed E-state index contributed by atoms with van der Waals surface area (Å²) in [4.78, 5) is 17.7. The minimum absolute atomic E-state index is 0.0395. The van der Waals surface area contributed by atoms with Crippen molar-refractivity contribution in [3.63, 3.8) is 0 Å². The van der Waals surface area contributed by atoms with Crippen LogP contribution in [0.4, 0.5) is 4.39 Å². The predicted molar refractivity (Wildman–Crippen MR) is 136 cm³/mol. The van der Waals surface area contributed by atoms with Crippen LogP contribution >= 0.6 is 23.2 Å². The number of nitrogens with one attached hydrogen (secondary N) is 1. The average Bonchev–Trinajstić information content (AvgIpc) is 3.15. The molecule has 0 radical (unpaired) electrons. The fourth-order valence-corrected chi connectivity index (χ4v) is 4.89. The van der Waals surface area contributed by atoms with Gasteiger partial charge in [-0.3, -0.25) is 10.2 Å². The largest absolute Gasteiger partial charge is 0.491 e. The maximum Gasteiger partial charge on any atom is 0.213 e. The first-order valence-electron chi connectivity index (χ1n) is 11.4. The van der Waals surface area contributed by atoms with Crippen molar-refractivity contribution in [2.24, 2.45) is 13.0 Å². The number of rotatable bonds is 5. The molecule has 4 aromatic rings. The number of Topliss-reactive ketones (excluding diaryl/α,β-unsaturated/α-hetero) is 1. The second-order valence-corrected chi connectivity index (χ2v) is 9.79. The first-order valence-corrected chi connectivity index (χ1v) is 12.1. The molecule has 3 heterocycles. The van der Waals surface area contributed by atoms with E-state index in [-0.39, 0.29) is 12.4 Å². The van der Waals surface area contributed by atoms with Crippen LogP contribution in [0.25, 0.3) is 11.1 Å². The van der Waals surface area contributed by atoms with Crippen LogP contribution < -0.4 is 10.4 Å². The maximum absolute atomic E-state index is 13.7. The van der Waals surface area contributed by atoms with Gasteiger partial charge in [-0.05, 0) is 60.9 Å². The molecule has 6 nitrogen and oxygen atoms in total. The van der Waals surface area contributed by atoms with Gasteiger partial charge in [0.2, 0.25) is 11.6 Å². The molecular weight excluding hydrogens is 502 g/mol. The fraction of sp³-hybridized carbons (Fsp3) is 0.222. The lowest BCUT2D eigenvalue weighted by molar-refractivity contribution is 0.0831. The Kier molecular flexibility index (Phi) is 6.45. The van der Waals surface area contributed by atoms with E-state index in [1.807, 2.05) is 24.4 Å².